The summed E-state index contributed by atoms with van der Waals surface area (Å²) in [7, 11) is 0. The Bertz CT molecular complexity index is 1010. The molecule has 3 aromatic rings. The van der Waals surface area contributed by atoms with Crippen molar-refractivity contribution in [3.8, 4) is 0 Å². The third-order valence-corrected chi connectivity index (χ3v) is 5.98. The van der Waals surface area contributed by atoms with E-state index in [-0.39, 0.29) is 5.91 Å². The summed E-state index contributed by atoms with van der Waals surface area (Å²) in [6.45, 7) is 7.58. The zero-order valence-corrected chi connectivity index (χ0v) is 17.4. The highest BCUT2D eigenvalue weighted by molar-refractivity contribution is 7.14. The molecule has 0 fully saturated rings. The zero-order valence-electron chi connectivity index (χ0n) is 16.6. The van der Waals surface area contributed by atoms with Crippen LogP contribution < -0.4 is 9.80 Å². The van der Waals surface area contributed by atoms with Crippen molar-refractivity contribution < 1.29 is 4.79 Å². The van der Waals surface area contributed by atoms with E-state index in [1.807, 2.05) is 31.2 Å². The molecule has 1 aromatic heterocycles. The molecule has 2 aromatic carbocycles. The van der Waals surface area contributed by atoms with Crippen molar-refractivity contribution >= 4 is 33.8 Å². The number of carbonyl (C=O) groups is 1. The summed E-state index contributed by atoms with van der Waals surface area (Å²) >= 11 is 1.53. The molecular formula is C23H25N3OS. The Hall–Kier alpha value is -2.66. The summed E-state index contributed by atoms with van der Waals surface area (Å²) in [4.78, 5) is 21.2. The number of aryl methyl sites for hydroxylation is 3. The molecule has 0 aliphatic carbocycles. The molecule has 0 saturated heterocycles. The summed E-state index contributed by atoms with van der Waals surface area (Å²) < 4.78 is 0. The second-order valence-corrected chi connectivity index (χ2v) is 8.31. The number of carbonyl (C=O) groups excluding carboxylic acids is 1. The summed E-state index contributed by atoms with van der Waals surface area (Å²) in [5.74, 6) is -0.0229. The van der Waals surface area contributed by atoms with E-state index in [0.29, 0.717) is 0 Å². The van der Waals surface area contributed by atoms with Crippen LogP contribution in [0.25, 0.3) is 0 Å². The molecule has 4 rings (SSSR count). The van der Waals surface area contributed by atoms with E-state index >= 15 is 0 Å². The molecule has 4 nitrogen and oxygen atoms in total. The first-order valence-corrected chi connectivity index (χ1v) is 10.6. The Morgan fingerprint density at radius 2 is 2.00 bits per heavy atom. The van der Waals surface area contributed by atoms with E-state index in [1.165, 1.54) is 28.2 Å². The van der Waals surface area contributed by atoms with Gasteiger partial charge >= 0.3 is 0 Å². The van der Waals surface area contributed by atoms with Gasteiger partial charge in [-0.15, -0.1) is 11.3 Å². The number of hydrogen-bond donors (Lipinski definition) is 0. The van der Waals surface area contributed by atoms with E-state index < -0.39 is 0 Å². The van der Waals surface area contributed by atoms with Gasteiger partial charge in [0.1, 0.15) is 0 Å². The van der Waals surface area contributed by atoms with Crippen LogP contribution in [0.15, 0.2) is 47.8 Å². The molecule has 28 heavy (non-hydrogen) atoms. The standard InChI is InChI=1S/C23H25N3OS/c1-16-6-4-8-21(13-16)26(18(3)27)23-24-20(15-28-23)14-25-11-5-7-19-12-17(2)9-10-22(19)25/h4,6,8-10,12-13,15H,5,7,11,14H2,1-3H3. The van der Waals surface area contributed by atoms with Gasteiger partial charge in [-0.05, 0) is 56.0 Å². The normalized spacial score (nSPS) is 13.3. The minimum Gasteiger partial charge on any atom is -0.365 e. The second kappa shape index (κ2) is 7.76. The smallest absolute Gasteiger partial charge is 0.230 e. The van der Waals surface area contributed by atoms with E-state index in [1.54, 1.807) is 11.8 Å². The van der Waals surface area contributed by atoms with Gasteiger partial charge in [0.15, 0.2) is 5.13 Å². The second-order valence-electron chi connectivity index (χ2n) is 7.47. The van der Waals surface area contributed by atoms with Crippen LogP contribution >= 0.6 is 11.3 Å². The number of amides is 1. The molecule has 0 unspecified atom stereocenters. The average molecular weight is 392 g/mol. The first kappa shape index (κ1) is 18.7. The molecule has 144 valence electrons. The maximum Gasteiger partial charge on any atom is 0.230 e. The lowest BCUT2D eigenvalue weighted by Crippen LogP contribution is -2.29. The van der Waals surface area contributed by atoms with Gasteiger partial charge in [-0.1, -0.05) is 29.8 Å². The van der Waals surface area contributed by atoms with Crippen LogP contribution in [0.2, 0.25) is 0 Å². The first-order valence-electron chi connectivity index (χ1n) is 9.67. The Balaban J connectivity index is 1.59. The van der Waals surface area contributed by atoms with Gasteiger partial charge in [0, 0.05) is 24.5 Å². The number of hydrogen-bond acceptors (Lipinski definition) is 4. The Kier molecular flexibility index (Phi) is 5.18. The molecule has 0 bridgehead atoms. The molecular weight excluding hydrogens is 366 g/mol. The van der Waals surface area contributed by atoms with Gasteiger partial charge in [0.25, 0.3) is 0 Å². The topological polar surface area (TPSA) is 36.4 Å². The van der Waals surface area contributed by atoms with Crippen molar-refractivity contribution in [2.75, 3.05) is 16.3 Å². The van der Waals surface area contributed by atoms with Crippen molar-refractivity contribution in [3.05, 3.63) is 70.2 Å². The number of anilines is 3. The predicted octanol–water partition coefficient (Wildman–Crippen LogP) is 5.40. The summed E-state index contributed by atoms with van der Waals surface area (Å²) in [5.41, 5.74) is 7.05. The lowest BCUT2D eigenvalue weighted by molar-refractivity contribution is -0.115. The molecule has 2 heterocycles. The third-order valence-electron chi connectivity index (χ3n) is 5.11. The number of benzene rings is 2. The molecule has 1 amide bonds. The van der Waals surface area contributed by atoms with Gasteiger partial charge in [0.05, 0.1) is 17.9 Å². The number of rotatable bonds is 4. The quantitative estimate of drug-likeness (QED) is 0.598. The zero-order chi connectivity index (χ0) is 19.7. The van der Waals surface area contributed by atoms with E-state index in [2.05, 4.69) is 35.4 Å². The van der Waals surface area contributed by atoms with E-state index in [0.717, 1.165) is 48.0 Å². The predicted molar refractivity (Wildman–Crippen MR) is 117 cm³/mol. The van der Waals surface area contributed by atoms with Gasteiger partial charge in [-0.25, -0.2) is 4.98 Å². The molecule has 0 N–H and O–H groups in total. The number of nitrogens with zero attached hydrogens (tertiary/aromatic N) is 3. The van der Waals surface area contributed by atoms with Crippen molar-refractivity contribution in [2.45, 2.75) is 40.2 Å². The monoisotopic (exact) mass is 391 g/mol. The fourth-order valence-electron chi connectivity index (χ4n) is 3.83. The SMILES string of the molecule is CC(=O)N(c1cccc(C)c1)c1nc(CN2CCCc3cc(C)ccc32)cs1. The largest absolute Gasteiger partial charge is 0.365 e. The lowest BCUT2D eigenvalue weighted by Gasteiger charge is -2.31. The maximum absolute atomic E-state index is 12.3. The molecule has 0 spiro atoms. The Morgan fingerprint density at radius 3 is 2.79 bits per heavy atom. The summed E-state index contributed by atoms with van der Waals surface area (Å²) in [6, 6.07) is 14.7. The van der Waals surface area contributed by atoms with Gasteiger partial charge in [0.2, 0.25) is 5.91 Å². The van der Waals surface area contributed by atoms with Gasteiger partial charge in [-0.3, -0.25) is 9.69 Å². The van der Waals surface area contributed by atoms with Crippen molar-refractivity contribution in [3.63, 3.8) is 0 Å². The Labute approximate surface area is 170 Å². The number of aromatic nitrogens is 1. The highest BCUT2D eigenvalue weighted by Gasteiger charge is 2.21. The van der Waals surface area contributed by atoms with Crippen LogP contribution in [-0.2, 0) is 17.8 Å². The third kappa shape index (κ3) is 3.80. The molecule has 1 aliphatic heterocycles. The highest BCUT2D eigenvalue weighted by Crippen LogP contribution is 2.32. The van der Waals surface area contributed by atoms with Crippen LogP contribution in [0.4, 0.5) is 16.5 Å². The highest BCUT2D eigenvalue weighted by atomic mass is 32.1. The fraction of sp³-hybridized carbons (Fsp3) is 0.304. The van der Waals surface area contributed by atoms with Crippen LogP contribution in [0.5, 0.6) is 0 Å². The Morgan fingerprint density at radius 1 is 1.18 bits per heavy atom. The lowest BCUT2D eigenvalue weighted by atomic mass is 9.99. The van der Waals surface area contributed by atoms with Gasteiger partial charge < -0.3 is 4.90 Å². The maximum atomic E-state index is 12.3. The molecule has 0 radical (unpaired) electrons. The van der Waals surface area contributed by atoms with Crippen molar-refractivity contribution in [1.82, 2.24) is 4.98 Å². The van der Waals surface area contributed by atoms with Crippen LogP contribution in [0.3, 0.4) is 0 Å². The van der Waals surface area contributed by atoms with Gasteiger partial charge in [-0.2, -0.15) is 0 Å². The molecule has 5 heteroatoms. The van der Waals surface area contributed by atoms with E-state index in [4.69, 9.17) is 4.98 Å². The summed E-state index contributed by atoms with van der Waals surface area (Å²) in [5, 5.41) is 2.80. The minimum atomic E-state index is -0.0229. The van der Waals surface area contributed by atoms with Crippen LogP contribution in [0.1, 0.15) is 35.7 Å². The van der Waals surface area contributed by atoms with Crippen LogP contribution in [0, 0.1) is 13.8 Å². The first-order chi connectivity index (χ1) is 13.5. The number of thiazole rings is 1. The average Bonchev–Trinajstić information content (AvgIpc) is 3.09. The molecule has 0 atom stereocenters. The van der Waals surface area contributed by atoms with Crippen molar-refractivity contribution in [2.24, 2.45) is 0 Å². The summed E-state index contributed by atoms with van der Waals surface area (Å²) in [6.07, 6.45) is 2.30. The molecule has 0 saturated carbocycles. The van der Waals surface area contributed by atoms with E-state index in [9.17, 15) is 4.79 Å². The molecule has 1 aliphatic rings. The minimum absolute atomic E-state index is 0.0229. The van der Waals surface area contributed by atoms with Crippen LogP contribution in [-0.4, -0.2) is 17.4 Å². The fourth-order valence-corrected chi connectivity index (χ4v) is 4.71. The number of fused-ring (bicyclic) bond motifs is 1. The van der Waals surface area contributed by atoms with Crippen molar-refractivity contribution in [1.29, 1.82) is 0 Å².